The van der Waals surface area contributed by atoms with Gasteiger partial charge in [-0.1, -0.05) is 6.92 Å². The van der Waals surface area contributed by atoms with Gasteiger partial charge < -0.3 is 9.79 Å². The smallest absolute Gasteiger partial charge is 0.303 e. The highest BCUT2D eigenvalue weighted by molar-refractivity contribution is 7.46. The molecule has 0 aromatic heterocycles. The molecule has 2 unspecified atom stereocenters. The van der Waals surface area contributed by atoms with E-state index in [4.69, 9.17) is 21.4 Å². The molecule has 0 saturated carbocycles. The van der Waals surface area contributed by atoms with E-state index in [9.17, 15) is 4.57 Å². The first kappa shape index (κ1) is 11.4. The summed E-state index contributed by atoms with van der Waals surface area (Å²) < 4.78 is 14.4. The van der Waals surface area contributed by atoms with Gasteiger partial charge in [-0.25, -0.2) is 4.57 Å². The number of hydrogen-bond acceptors (Lipinski definition) is 2. The van der Waals surface area contributed by atoms with Crippen LogP contribution in [0.25, 0.3) is 0 Å². The van der Waals surface area contributed by atoms with Crippen molar-refractivity contribution < 1.29 is 18.9 Å². The van der Waals surface area contributed by atoms with Crippen LogP contribution in [0.5, 0.6) is 0 Å². The van der Waals surface area contributed by atoms with Crippen molar-refractivity contribution in [2.45, 2.75) is 19.2 Å². The van der Waals surface area contributed by atoms with Crippen LogP contribution in [0.15, 0.2) is 0 Å². The Balaban J connectivity index is 3.63. The van der Waals surface area contributed by atoms with E-state index in [1.165, 1.54) is 0 Å². The van der Waals surface area contributed by atoms with E-state index in [0.717, 1.165) is 0 Å². The first-order valence-electron chi connectivity index (χ1n) is 3.17. The highest BCUT2D eigenvalue weighted by atomic mass is 35.5. The Labute approximate surface area is 70.8 Å². The van der Waals surface area contributed by atoms with Gasteiger partial charge in [0.1, 0.15) is 0 Å². The molecule has 2 N–H and O–H groups in total. The molecule has 0 aliphatic carbocycles. The normalized spacial score (nSPS) is 17.9. The molecule has 0 saturated heterocycles. The lowest BCUT2D eigenvalue weighted by molar-refractivity contribution is 0.172. The van der Waals surface area contributed by atoms with Gasteiger partial charge in [0.2, 0.25) is 0 Å². The van der Waals surface area contributed by atoms with Crippen molar-refractivity contribution >= 4 is 19.4 Å². The van der Waals surface area contributed by atoms with Gasteiger partial charge in [-0.2, -0.15) is 0 Å². The molecule has 0 spiro atoms. The maximum absolute atomic E-state index is 10.2. The van der Waals surface area contributed by atoms with Crippen LogP contribution in [0.1, 0.15) is 13.8 Å². The molecule has 68 valence electrons. The fourth-order valence-corrected chi connectivity index (χ4v) is 0.849. The average Bonchev–Trinajstić information content (AvgIpc) is 1.80. The number of phosphoric ester groups is 1. The summed E-state index contributed by atoms with van der Waals surface area (Å²) in [5.41, 5.74) is 0. The van der Waals surface area contributed by atoms with Crippen LogP contribution in [0.2, 0.25) is 0 Å². The van der Waals surface area contributed by atoms with E-state index in [0.29, 0.717) is 0 Å². The second-order valence-corrected chi connectivity index (χ2v) is 4.37. The highest BCUT2D eigenvalue weighted by Gasteiger charge is 2.17. The summed E-state index contributed by atoms with van der Waals surface area (Å²) in [4.78, 5) is 16.6. The van der Waals surface area contributed by atoms with Crippen LogP contribution in [0, 0.1) is 5.92 Å². The van der Waals surface area contributed by atoms with E-state index in [-0.39, 0.29) is 17.9 Å². The first-order valence-corrected chi connectivity index (χ1v) is 5.14. The Morgan fingerprint density at radius 3 is 2.27 bits per heavy atom. The van der Waals surface area contributed by atoms with Crippen LogP contribution in [0.3, 0.4) is 0 Å². The quantitative estimate of drug-likeness (QED) is 0.534. The van der Waals surface area contributed by atoms with Crippen LogP contribution in [-0.4, -0.2) is 21.8 Å². The number of rotatable bonds is 4. The van der Waals surface area contributed by atoms with Gasteiger partial charge in [0.15, 0.2) is 0 Å². The maximum Gasteiger partial charge on any atom is 0.469 e. The van der Waals surface area contributed by atoms with Gasteiger partial charge in [0.25, 0.3) is 0 Å². The Morgan fingerprint density at radius 1 is 1.55 bits per heavy atom. The summed E-state index contributed by atoms with van der Waals surface area (Å²) in [7, 11) is -4.32. The van der Waals surface area contributed by atoms with Crippen molar-refractivity contribution in [3.8, 4) is 0 Å². The molecule has 6 heteroatoms. The SMILES string of the molecule is CC(Cl)C(C)COP(=O)(O)O. The van der Waals surface area contributed by atoms with Crippen LogP contribution < -0.4 is 0 Å². The molecule has 0 fully saturated rings. The predicted molar refractivity (Wildman–Crippen MR) is 42.5 cm³/mol. The Hall–Kier alpha value is 0.400. The zero-order chi connectivity index (χ0) is 9.07. The standard InChI is InChI=1S/C5H12ClO4P/c1-4(5(2)6)3-10-11(7,8)9/h4-5H,3H2,1-2H3,(H2,7,8,9). The summed E-state index contributed by atoms with van der Waals surface area (Å²) in [6, 6.07) is 0. The van der Waals surface area contributed by atoms with Crippen molar-refractivity contribution in [3.05, 3.63) is 0 Å². The summed E-state index contributed by atoms with van der Waals surface area (Å²) in [5.74, 6) is -0.0655. The number of alkyl halides is 1. The monoisotopic (exact) mass is 202 g/mol. The lowest BCUT2D eigenvalue weighted by Gasteiger charge is -2.13. The molecule has 0 rings (SSSR count). The number of phosphoric acid groups is 1. The molecule has 0 aromatic rings. The minimum atomic E-state index is -4.32. The largest absolute Gasteiger partial charge is 0.469 e. The third kappa shape index (κ3) is 6.78. The predicted octanol–water partition coefficient (Wildman–Crippen LogP) is 1.36. The van der Waals surface area contributed by atoms with Gasteiger partial charge in [0.05, 0.1) is 6.61 Å². The second kappa shape index (κ2) is 4.43. The van der Waals surface area contributed by atoms with E-state index >= 15 is 0 Å². The molecule has 0 aliphatic rings. The van der Waals surface area contributed by atoms with E-state index in [1.807, 2.05) is 0 Å². The first-order chi connectivity index (χ1) is 4.83. The molecular formula is C5H12ClO4P. The van der Waals surface area contributed by atoms with Gasteiger partial charge in [-0.05, 0) is 12.8 Å². The third-order valence-electron chi connectivity index (χ3n) is 1.29. The topological polar surface area (TPSA) is 66.8 Å². The third-order valence-corrected chi connectivity index (χ3v) is 2.21. The molecule has 0 radical (unpaired) electrons. The van der Waals surface area contributed by atoms with Gasteiger partial charge in [-0.3, -0.25) is 4.52 Å². The lowest BCUT2D eigenvalue weighted by Crippen LogP contribution is -2.13. The Bertz CT molecular complexity index is 155. The number of hydrogen-bond donors (Lipinski definition) is 2. The summed E-state index contributed by atoms with van der Waals surface area (Å²) in [6.45, 7) is 3.48. The molecule has 0 heterocycles. The molecule has 2 atom stereocenters. The van der Waals surface area contributed by atoms with Gasteiger partial charge >= 0.3 is 7.82 Å². The Morgan fingerprint density at radius 2 is 2.00 bits per heavy atom. The molecular weight excluding hydrogens is 190 g/mol. The summed E-state index contributed by atoms with van der Waals surface area (Å²) in [5, 5.41) is -0.151. The molecule has 0 amide bonds. The van der Waals surface area contributed by atoms with Gasteiger partial charge in [0, 0.05) is 5.38 Å². The molecule has 11 heavy (non-hydrogen) atoms. The van der Waals surface area contributed by atoms with Gasteiger partial charge in [-0.15, -0.1) is 11.6 Å². The zero-order valence-corrected chi connectivity index (χ0v) is 8.05. The molecule has 4 nitrogen and oxygen atoms in total. The van der Waals surface area contributed by atoms with E-state index < -0.39 is 7.82 Å². The fourth-order valence-electron chi connectivity index (χ4n) is 0.347. The van der Waals surface area contributed by atoms with Crippen molar-refractivity contribution in [1.29, 1.82) is 0 Å². The maximum atomic E-state index is 10.2. The van der Waals surface area contributed by atoms with Crippen molar-refractivity contribution in [3.63, 3.8) is 0 Å². The average molecular weight is 203 g/mol. The fraction of sp³-hybridized carbons (Fsp3) is 1.00. The van der Waals surface area contributed by atoms with E-state index in [2.05, 4.69) is 4.52 Å². The van der Waals surface area contributed by atoms with Crippen LogP contribution >= 0.6 is 19.4 Å². The molecule has 0 aromatic carbocycles. The van der Waals surface area contributed by atoms with E-state index in [1.54, 1.807) is 13.8 Å². The van der Waals surface area contributed by atoms with Crippen LogP contribution in [0.4, 0.5) is 0 Å². The Kier molecular flexibility index (Phi) is 4.59. The second-order valence-electron chi connectivity index (χ2n) is 2.44. The summed E-state index contributed by atoms with van der Waals surface area (Å²) in [6.07, 6.45) is 0. The lowest BCUT2D eigenvalue weighted by atomic mass is 10.1. The minimum absolute atomic E-state index is 0.0189. The van der Waals surface area contributed by atoms with Crippen LogP contribution in [-0.2, 0) is 9.09 Å². The molecule has 0 bridgehead atoms. The van der Waals surface area contributed by atoms with Crippen molar-refractivity contribution in [2.24, 2.45) is 5.92 Å². The minimum Gasteiger partial charge on any atom is -0.303 e. The number of halogens is 1. The van der Waals surface area contributed by atoms with Crippen molar-refractivity contribution in [1.82, 2.24) is 0 Å². The molecule has 0 aliphatic heterocycles. The van der Waals surface area contributed by atoms with Crippen molar-refractivity contribution in [2.75, 3.05) is 6.61 Å². The zero-order valence-electron chi connectivity index (χ0n) is 6.40. The highest BCUT2D eigenvalue weighted by Crippen LogP contribution is 2.36. The summed E-state index contributed by atoms with van der Waals surface area (Å²) >= 11 is 5.62.